The van der Waals surface area contributed by atoms with Crippen molar-refractivity contribution in [2.75, 3.05) is 5.73 Å². The maximum Gasteiger partial charge on any atom is 0.0959 e. The third-order valence-electron chi connectivity index (χ3n) is 4.31. The summed E-state index contributed by atoms with van der Waals surface area (Å²) < 4.78 is 0. The molecule has 0 spiro atoms. The first-order valence-electron chi connectivity index (χ1n) is 7.33. The summed E-state index contributed by atoms with van der Waals surface area (Å²) in [6.07, 6.45) is 6.07. The number of nitrogen functional groups attached to an aromatic ring is 1. The van der Waals surface area contributed by atoms with Crippen molar-refractivity contribution in [2.24, 2.45) is 11.8 Å². The van der Waals surface area contributed by atoms with E-state index in [1.165, 1.54) is 5.57 Å². The molecule has 2 rings (SSSR count). The maximum absolute atomic E-state index is 11.2. The van der Waals surface area contributed by atoms with E-state index in [4.69, 9.17) is 5.73 Å². The molecule has 1 aromatic rings. The Labute approximate surface area is 122 Å². The van der Waals surface area contributed by atoms with E-state index < -0.39 is 5.60 Å². The van der Waals surface area contributed by atoms with Gasteiger partial charge in [0, 0.05) is 11.6 Å². The van der Waals surface area contributed by atoms with Crippen LogP contribution in [0.15, 0.2) is 48.1 Å². The van der Waals surface area contributed by atoms with Crippen LogP contribution in [0, 0.1) is 11.8 Å². The van der Waals surface area contributed by atoms with Crippen LogP contribution in [-0.4, -0.2) is 10.7 Å². The predicted octanol–water partition coefficient (Wildman–Crippen LogP) is 3.89. The van der Waals surface area contributed by atoms with E-state index in [-0.39, 0.29) is 11.8 Å². The average molecular weight is 271 g/mol. The van der Waals surface area contributed by atoms with Crippen LogP contribution in [0.5, 0.6) is 0 Å². The van der Waals surface area contributed by atoms with Crippen LogP contribution in [0.1, 0.15) is 39.2 Å². The van der Waals surface area contributed by atoms with Crippen molar-refractivity contribution < 1.29 is 5.11 Å². The standard InChI is InChI=1S/C18H25NO/c1-12(2)16-6-5-11-18(20,13(3)4)17(16)14-7-9-15(19)10-8-14/h5-13,17,20H,19H2,1-4H3. The van der Waals surface area contributed by atoms with Gasteiger partial charge in [0.25, 0.3) is 0 Å². The second-order valence-electron chi connectivity index (χ2n) is 6.32. The lowest BCUT2D eigenvalue weighted by molar-refractivity contribution is 0.0223. The molecule has 1 aliphatic carbocycles. The lowest BCUT2D eigenvalue weighted by Crippen LogP contribution is -2.42. The van der Waals surface area contributed by atoms with Crippen molar-refractivity contribution in [1.82, 2.24) is 0 Å². The molecule has 0 radical (unpaired) electrons. The van der Waals surface area contributed by atoms with Gasteiger partial charge >= 0.3 is 0 Å². The third-order valence-corrected chi connectivity index (χ3v) is 4.31. The average Bonchev–Trinajstić information content (AvgIpc) is 2.39. The molecule has 1 aliphatic rings. The Morgan fingerprint density at radius 2 is 1.70 bits per heavy atom. The van der Waals surface area contributed by atoms with Gasteiger partial charge in [-0.2, -0.15) is 0 Å². The molecule has 0 saturated heterocycles. The summed E-state index contributed by atoms with van der Waals surface area (Å²) in [4.78, 5) is 0. The quantitative estimate of drug-likeness (QED) is 0.819. The first-order chi connectivity index (χ1) is 9.36. The number of aliphatic hydroxyl groups is 1. The minimum Gasteiger partial charge on any atom is -0.399 e. The molecule has 108 valence electrons. The van der Waals surface area contributed by atoms with Gasteiger partial charge < -0.3 is 10.8 Å². The Bertz CT molecular complexity index is 525. The summed E-state index contributed by atoms with van der Waals surface area (Å²) in [5.74, 6) is 0.532. The highest BCUT2D eigenvalue weighted by Gasteiger charge is 2.42. The summed E-state index contributed by atoms with van der Waals surface area (Å²) in [5, 5.41) is 11.2. The third kappa shape index (κ3) is 2.53. The van der Waals surface area contributed by atoms with Crippen molar-refractivity contribution in [3.05, 3.63) is 53.6 Å². The predicted molar refractivity (Wildman–Crippen MR) is 85.4 cm³/mol. The van der Waals surface area contributed by atoms with E-state index in [1.54, 1.807) is 0 Å². The second kappa shape index (κ2) is 5.45. The Morgan fingerprint density at radius 1 is 1.10 bits per heavy atom. The molecule has 0 aliphatic heterocycles. The van der Waals surface area contributed by atoms with Crippen LogP contribution in [-0.2, 0) is 0 Å². The number of nitrogens with two attached hydrogens (primary N) is 1. The molecular formula is C18H25NO. The van der Waals surface area contributed by atoms with Crippen molar-refractivity contribution >= 4 is 5.69 Å². The molecular weight excluding hydrogens is 246 g/mol. The lowest BCUT2D eigenvalue weighted by atomic mass is 9.67. The Balaban J connectivity index is 2.54. The molecule has 2 nitrogen and oxygen atoms in total. The zero-order valence-corrected chi connectivity index (χ0v) is 12.8. The molecule has 2 atom stereocenters. The highest BCUT2D eigenvalue weighted by Crippen LogP contribution is 2.45. The van der Waals surface area contributed by atoms with Crippen LogP contribution in [0.3, 0.4) is 0 Å². The lowest BCUT2D eigenvalue weighted by Gasteiger charge is -2.42. The topological polar surface area (TPSA) is 46.2 Å². The number of benzene rings is 1. The molecule has 3 N–H and O–H groups in total. The molecule has 20 heavy (non-hydrogen) atoms. The van der Waals surface area contributed by atoms with Gasteiger partial charge in [-0.15, -0.1) is 0 Å². The van der Waals surface area contributed by atoms with Crippen molar-refractivity contribution in [3.63, 3.8) is 0 Å². The number of anilines is 1. The first-order valence-corrected chi connectivity index (χ1v) is 7.33. The number of hydrogen-bond donors (Lipinski definition) is 2. The Kier molecular flexibility index (Phi) is 4.05. The molecule has 2 heteroatoms. The molecule has 0 saturated carbocycles. The zero-order valence-electron chi connectivity index (χ0n) is 12.8. The second-order valence-corrected chi connectivity index (χ2v) is 6.32. The van der Waals surface area contributed by atoms with E-state index in [1.807, 2.05) is 36.4 Å². The van der Waals surface area contributed by atoms with Crippen molar-refractivity contribution in [2.45, 2.75) is 39.2 Å². The molecule has 0 fully saturated rings. The minimum atomic E-state index is -0.843. The zero-order chi connectivity index (χ0) is 14.9. The van der Waals surface area contributed by atoms with Gasteiger partial charge in [-0.1, -0.05) is 63.6 Å². The van der Waals surface area contributed by atoms with Gasteiger partial charge in [-0.05, 0) is 29.5 Å². The van der Waals surface area contributed by atoms with Gasteiger partial charge in [0.05, 0.1) is 5.60 Å². The van der Waals surface area contributed by atoms with E-state index in [0.717, 1.165) is 11.3 Å². The fourth-order valence-electron chi connectivity index (χ4n) is 2.97. The summed E-state index contributed by atoms with van der Waals surface area (Å²) >= 11 is 0. The van der Waals surface area contributed by atoms with Gasteiger partial charge in [0.15, 0.2) is 0 Å². The molecule has 0 heterocycles. The molecule has 0 bridgehead atoms. The van der Waals surface area contributed by atoms with E-state index in [9.17, 15) is 5.11 Å². The number of hydrogen-bond acceptors (Lipinski definition) is 2. The van der Waals surface area contributed by atoms with Crippen molar-refractivity contribution in [1.29, 1.82) is 0 Å². The fraction of sp³-hybridized carbons (Fsp3) is 0.444. The van der Waals surface area contributed by atoms with E-state index >= 15 is 0 Å². The number of rotatable bonds is 3. The molecule has 2 unspecified atom stereocenters. The SMILES string of the molecule is CC(C)C1=CC=CC(O)(C(C)C)C1c1ccc(N)cc1. The highest BCUT2D eigenvalue weighted by atomic mass is 16.3. The summed E-state index contributed by atoms with van der Waals surface area (Å²) in [7, 11) is 0. The van der Waals surface area contributed by atoms with Gasteiger partial charge in [0.1, 0.15) is 0 Å². The largest absolute Gasteiger partial charge is 0.399 e. The maximum atomic E-state index is 11.2. The minimum absolute atomic E-state index is 0.00639. The summed E-state index contributed by atoms with van der Waals surface area (Å²) in [6, 6.07) is 7.88. The van der Waals surface area contributed by atoms with Crippen LogP contribution < -0.4 is 5.73 Å². The normalized spacial score (nSPS) is 26.1. The number of allylic oxidation sites excluding steroid dienone is 2. The smallest absolute Gasteiger partial charge is 0.0959 e. The van der Waals surface area contributed by atoms with Crippen LogP contribution in [0.25, 0.3) is 0 Å². The molecule has 0 aromatic heterocycles. The van der Waals surface area contributed by atoms with Crippen molar-refractivity contribution in [3.8, 4) is 0 Å². The molecule has 1 aromatic carbocycles. The van der Waals surface area contributed by atoms with Gasteiger partial charge in [-0.25, -0.2) is 0 Å². The highest BCUT2D eigenvalue weighted by molar-refractivity contribution is 5.46. The van der Waals surface area contributed by atoms with Crippen LogP contribution in [0.4, 0.5) is 5.69 Å². The molecule has 0 amide bonds. The monoisotopic (exact) mass is 271 g/mol. The summed E-state index contributed by atoms with van der Waals surface area (Å²) in [6.45, 7) is 8.49. The Hall–Kier alpha value is -1.54. The van der Waals surface area contributed by atoms with Crippen LogP contribution >= 0.6 is 0 Å². The van der Waals surface area contributed by atoms with E-state index in [0.29, 0.717) is 5.92 Å². The Morgan fingerprint density at radius 3 is 2.20 bits per heavy atom. The van der Waals surface area contributed by atoms with Gasteiger partial charge in [0.2, 0.25) is 0 Å². The van der Waals surface area contributed by atoms with Crippen LogP contribution in [0.2, 0.25) is 0 Å². The fourth-order valence-corrected chi connectivity index (χ4v) is 2.97. The summed E-state index contributed by atoms with van der Waals surface area (Å²) in [5.41, 5.74) is 8.09. The van der Waals surface area contributed by atoms with E-state index in [2.05, 4.69) is 33.8 Å². The first kappa shape index (κ1) is 14.9. The van der Waals surface area contributed by atoms with Gasteiger partial charge in [-0.3, -0.25) is 0 Å².